The Balaban J connectivity index is 1.95. The minimum atomic E-state index is 0.172. The molecular formula is C13H23N3S. The number of anilines is 1. The summed E-state index contributed by atoms with van der Waals surface area (Å²) in [7, 11) is 0. The van der Waals surface area contributed by atoms with Crippen molar-refractivity contribution in [3.05, 3.63) is 11.1 Å². The molecule has 1 saturated carbocycles. The lowest BCUT2D eigenvalue weighted by molar-refractivity contribution is 0.426. The second-order valence-electron chi connectivity index (χ2n) is 5.73. The molecule has 1 aliphatic rings. The Morgan fingerprint density at radius 2 is 2.18 bits per heavy atom. The first-order valence-corrected chi connectivity index (χ1v) is 7.27. The van der Waals surface area contributed by atoms with Crippen LogP contribution in [0.25, 0.3) is 0 Å². The van der Waals surface area contributed by atoms with Crippen molar-refractivity contribution in [2.45, 2.75) is 58.7 Å². The summed E-state index contributed by atoms with van der Waals surface area (Å²) in [6.07, 6.45) is 4.69. The second kappa shape index (κ2) is 4.94. The van der Waals surface area contributed by atoms with Crippen molar-refractivity contribution in [3.63, 3.8) is 0 Å². The van der Waals surface area contributed by atoms with Crippen LogP contribution >= 0.6 is 11.3 Å². The molecule has 1 aromatic rings. The van der Waals surface area contributed by atoms with Gasteiger partial charge < -0.3 is 10.2 Å². The number of thiazole rings is 1. The molecule has 96 valence electrons. The summed E-state index contributed by atoms with van der Waals surface area (Å²) in [5, 5.41) is 4.70. The summed E-state index contributed by atoms with van der Waals surface area (Å²) >= 11 is 1.83. The van der Waals surface area contributed by atoms with Gasteiger partial charge in [-0.15, -0.1) is 11.3 Å². The molecule has 3 nitrogen and oxygen atoms in total. The number of hydrogen-bond acceptors (Lipinski definition) is 4. The normalized spacial score (nSPS) is 16.2. The average Bonchev–Trinajstić information content (AvgIpc) is 2.95. The molecule has 0 aromatic carbocycles. The van der Waals surface area contributed by atoms with E-state index >= 15 is 0 Å². The molecule has 4 heteroatoms. The molecule has 2 rings (SSSR count). The highest BCUT2D eigenvalue weighted by atomic mass is 32.1. The predicted molar refractivity (Wildman–Crippen MR) is 74.7 cm³/mol. The van der Waals surface area contributed by atoms with Gasteiger partial charge in [0.25, 0.3) is 0 Å². The van der Waals surface area contributed by atoms with E-state index in [0.29, 0.717) is 0 Å². The molecule has 1 fully saturated rings. The number of nitrogens with zero attached hydrogens (tertiary/aromatic N) is 2. The van der Waals surface area contributed by atoms with E-state index in [9.17, 15) is 0 Å². The maximum Gasteiger partial charge on any atom is 0.185 e. The molecule has 1 aromatic heterocycles. The lowest BCUT2D eigenvalue weighted by Crippen LogP contribution is -2.34. The van der Waals surface area contributed by atoms with Crippen molar-refractivity contribution in [1.29, 1.82) is 0 Å². The molecular weight excluding hydrogens is 230 g/mol. The lowest BCUT2D eigenvalue weighted by Gasteiger charge is -2.20. The largest absolute Gasteiger partial charge is 0.345 e. The monoisotopic (exact) mass is 253 g/mol. The van der Waals surface area contributed by atoms with Crippen LogP contribution in [-0.4, -0.2) is 23.1 Å². The maximum absolute atomic E-state index is 4.55. The van der Waals surface area contributed by atoms with Crippen LogP contribution in [0, 0.1) is 0 Å². The first-order valence-electron chi connectivity index (χ1n) is 6.46. The van der Waals surface area contributed by atoms with Crippen LogP contribution in [0.1, 0.15) is 45.4 Å². The van der Waals surface area contributed by atoms with Crippen molar-refractivity contribution >= 4 is 16.5 Å². The smallest absolute Gasteiger partial charge is 0.185 e. The summed E-state index contributed by atoms with van der Waals surface area (Å²) < 4.78 is 0. The van der Waals surface area contributed by atoms with Crippen LogP contribution < -0.4 is 10.2 Å². The first-order chi connectivity index (χ1) is 7.99. The van der Waals surface area contributed by atoms with Crippen LogP contribution in [0.15, 0.2) is 6.20 Å². The lowest BCUT2D eigenvalue weighted by atomic mass is 10.1. The highest BCUT2D eigenvalue weighted by Gasteiger charge is 2.29. The molecule has 0 unspecified atom stereocenters. The van der Waals surface area contributed by atoms with E-state index in [-0.39, 0.29) is 5.54 Å². The quantitative estimate of drug-likeness (QED) is 0.874. The number of aromatic nitrogens is 1. The highest BCUT2D eigenvalue weighted by molar-refractivity contribution is 7.15. The highest BCUT2D eigenvalue weighted by Crippen LogP contribution is 2.33. The number of nitrogens with one attached hydrogen (secondary N) is 1. The predicted octanol–water partition coefficient (Wildman–Crippen LogP) is 3.02. The molecule has 0 aliphatic heterocycles. The molecule has 0 bridgehead atoms. The molecule has 17 heavy (non-hydrogen) atoms. The molecule has 0 spiro atoms. The van der Waals surface area contributed by atoms with Crippen LogP contribution in [-0.2, 0) is 6.54 Å². The Morgan fingerprint density at radius 1 is 1.47 bits per heavy atom. The van der Waals surface area contributed by atoms with Crippen molar-refractivity contribution in [1.82, 2.24) is 10.3 Å². The third kappa shape index (κ3) is 3.68. The van der Waals surface area contributed by atoms with E-state index in [2.05, 4.69) is 42.9 Å². The van der Waals surface area contributed by atoms with Gasteiger partial charge in [-0.1, -0.05) is 0 Å². The van der Waals surface area contributed by atoms with E-state index in [0.717, 1.165) is 19.1 Å². The third-order valence-corrected chi connectivity index (χ3v) is 3.94. The van der Waals surface area contributed by atoms with Gasteiger partial charge in [-0.3, -0.25) is 0 Å². The standard InChI is InChI=1S/C13H23N3S/c1-5-16(10-6-7-10)12-14-8-11(17-12)9-15-13(2,3)4/h8,10,15H,5-7,9H2,1-4H3. The zero-order chi connectivity index (χ0) is 12.5. The molecule has 0 saturated heterocycles. The van der Waals surface area contributed by atoms with Crippen LogP contribution in [0.4, 0.5) is 5.13 Å². The van der Waals surface area contributed by atoms with Crippen molar-refractivity contribution < 1.29 is 0 Å². The van der Waals surface area contributed by atoms with Gasteiger partial charge in [0.05, 0.1) is 0 Å². The Labute approximate surface area is 108 Å². The molecule has 1 N–H and O–H groups in total. The fraction of sp³-hybridized carbons (Fsp3) is 0.769. The Hall–Kier alpha value is -0.610. The zero-order valence-electron chi connectivity index (χ0n) is 11.3. The van der Waals surface area contributed by atoms with Gasteiger partial charge in [-0.2, -0.15) is 0 Å². The van der Waals surface area contributed by atoms with E-state index in [1.54, 1.807) is 0 Å². The Morgan fingerprint density at radius 3 is 2.71 bits per heavy atom. The Kier molecular flexibility index (Phi) is 3.73. The summed E-state index contributed by atoms with van der Waals surface area (Å²) in [5.41, 5.74) is 0.172. The summed E-state index contributed by atoms with van der Waals surface area (Å²) in [6.45, 7) is 10.8. The van der Waals surface area contributed by atoms with Gasteiger partial charge in [-0.05, 0) is 40.5 Å². The van der Waals surface area contributed by atoms with Crippen molar-refractivity contribution in [2.75, 3.05) is 11.4 Å². The summed E-state index contributed by atoms with van der Waals surface area (Å²) in [6, 6.07) is 0.759. The third-order valence-electron chi connectivity index (χ3n) is 2.91. The maximum atomic E-state index is 4.55. The molecule has 0 atom stereocenters. The van der Waals surface area contributed by atoms with Crippen molar-refractivity contribution in [3.8, 4) is 0 Å². The van der Waals surface area contributed by atoms with Crippen molar-refractivity contribution in [2.24, 2.45) is 0 Å². The zero-order valence-corrected chi connectivity index (χ0v) is 12.1. The van der Waals surface area contributed by atoms with E-state index < -0.39 is 0 Å². The summed E-state index contributed by atoms with van der Waals surface area (Å²) in [5.74, 6) is 0. The number of rotatable bonds is 5. The van der Waals surface area contributed by atoms with Crippen LogP contribution in [0.5, 0.6) is 0 Å². The van der Waals surface area contributed by atoms with Gasteiger partial charge in [0.15, 0.2) is 5.13 Å². The molecule has 0 radical (unpaired) electrons. The Bertz CT molecular complexity index is 363. The van der Waals surface area contributed by atoms with Gasteiger partial charge in [0.1, 0.15) is 0 Å². The van der Waals surface area contributed by atoms with Crippen LogP contribution in [0.2, 0.25) is 0 Å². The van der Waals surface area contributed by atoms with Gasteiger partial charge in [0.2, 0.25) is 0 Å². The average molecular weight is 253 g/mol. The summed E-state index contributed by atoms with van der Waals surface area (Å²) in [4.78, 5) is 8.32. The van der Waals surface area contributed by atoms with E-state index in [1.807, 2.05) is 17.5 Å². The van der Waals surface area contributed by atoms with Gasteiger partial charge in [0, 0.05) is 35.7 Å². The fourth-order valence-electron chi connectivity index (χ4n) is 1.80. The van der Waals surface area contributed by atoms with Gasteiger partial charge >= 0.3 is 0 Å². The van der Waals surface area contributed by atoms with E-state index in [4.69, 9.17) is 0 Å². The van der Waals surface area contributed by atoms with Crippen LogP contribution in [0.3, 0.4) is 0 Å². The minimum Gasteiger partial charge on any atom is -0.345 e. The molecule has 1 heterocycles. The first kappa shape index (κ1) is 12.8. The second-order valence-corrected chi connectivity index (χ2v) is 6.82. The fourth-order valence-corrected chi connectivity index (χ4v) is 2.78. The minimum absolute atomic E-state index is 0.172. The SMILES string of the molecule is CCN(c1ncc(CNC(C)(C)C)s1)C1CC1. The van der Waals surface area contributed by atoms with Gasteiger partial charge in [-0.25, -0.2) is 4.98 Å². The number of hydrogen-bond donors (Lipinski definition) is 1. The topological polar surface area (TPSA) is 28.2 Å². The van der Waals surface area contributed by atoms with E-state index in [1.165, 1.54) is 22.9 Å². The molecule has 1 aliphatic carbocycles. The molecule has 0 amide bonds.